The lowest BCUT2D eigenvalue weighted by Gasteiger charge is -2.07. The van der Waals surface area contributed by atoms with Crippen LogP contribution in [0.2, 0.25) is 0 Å². The van der Waals surface area contributed by atoms with E-state index in [-0.39, 0.29) is 0 Å². The largest absolute Gasteiger partial charge is 0.465 e. The molecule has 0 aliphatic carbocycles. The van der Waals surface area contributed by atoms with Crippen LogP contribution in [0.25, 0.3) is 0 Å². The summed E-state index contributed by atoms with van der Waals surface area (Å²) in [6, 6.07) is 3.41. The van der Waals surface area contributed by atoms with E-state index in [1.54, 1.807) is 12.1 Å². The van der Waals surface area contributed by atoms with Crippen LogP contribution >= 0.6 is 15.9 Å². The molecular weight excluding hydrogens is 248 g/mol. The highest BCUT2D eigenvalue weighted by molar-refractivity contribution is 9.10. The average molecular weight is 259 g/mol. The molecule has 0 spiro atoms. The van der Waals surface area contributed by atoms with E-state index in [9.17, 15) is 4.79 Å². The fourth-order valence-electron chi connectivity index (χ4n) is 1.07. The molecule has 0 aliphatic heterocycles. The second-order valence-corrected chi connectivity index (χ2v) is 3.59. The molecule has 0 aromatic heterocycles. The van der Waals surface area contributed by atoms with E-state index in [2.05, 4.69) is 20.7 Å². The SMILES string of the molecule is COC(=O)c1cc(CN)cc(Br)c1N. The van der Waals surface area contributed by atoms with E-state index < -0.39 is 5.97 Å². The van der Waals surface area contributed by atoms with Crippen molar-refractivity contribution < 1.29 is 9.53 Å². The van der Waals surface area contributed by atoms with Gasteiger partial charge in [-0.1, -0.05) is 0 Å². The Hall–Kier alpha value is -1.07. The van der Waals surface area contributed by atoms with Gasteiger partial charge in [-0.15, -0.1) is 0 Å². The summed E-state index contributed by atoms with van der Waals surface area (Å²) in [6.07, 6.45) is 0. The van der Waals surface area contributed by atoms with Crippen LogP contribution in [0.3, 0.4) is 0 Å². The highest BCUT2D eigenvalue weighted by atomic mass is 79.9. The molecule has 14 heavy (non-hydrogen) atoms. The first-order valence-corrected chi connectivity index (χ1v) is 4.75. The van der Waals surface area contributed by atoms with Crippen LogP contribution in [0.5, 0.6) is 0 Å². The Bertz CT molecular complexity index is 366. The molecule has 1 aromatic rings. The number of methoxy groups -OCH3 is 1. The first-order chi connectivity index (χ1) is 6.60. The predicted octanol–water partition coefficient (Wildman–Crippen LogP) is 1.28. The van der Waals surface area contributed by atoms with Gasteiger partial charge in [-0.05, 0) is 33.6 Å². The minimum Gasteiger partial charge on any atom is -0.465 e. The minimum absolute atomic E-state index is 0.335. The van der Waals surface area contributed by atoms with Crippen LogP contribution in [-0.4, -0.2) is 13.1 Å². The summed E-state index contributed by atoms with van der Waals surface area (Å²) in [6.45, 7) is 0.350. The summed E-state index contributed by atoms with van der Waals surface area (Å²) in [5.74, 6) is -0.460. The Kier molecular flexibility index (Phi) is 3.49. The van der Waals surface area contributed by atoms with Gasteiger partial charge in [0.15, 0.2) is 0 Å². The maximum absolute atomic E-state index is 11.3. The van der Waals surface area contributed by atoms with Gasteiger partial charge in [-0.25, -0.2) is 4.79 Å². The zero-order chi connectivity index (χ0) is 10.7. The molecule has 0 atom stereocenters. The van der Waals surface area contributed by atoms with Gasteiger partial charge in [0, 0.05) is 11.0 Å². The molecule has 0 saturated carbocycles. The molecule has 1 rings (SSSR count). The predicted molar refractivity (Wildman–Crippen MR) is 57.8 cm³/mol. The number of nitrogen functional groups attached to an aromatic ring is 1. The monoisotopic (exact) mass is 258 g/mol. The van der Waals surface area contributed by atoms with Gasteiger partial charge >= 0.3 is 5.97 Å². The molecule has 0 fully saturated rings. The fraction of sp³-hybridized carbons (Fsp3) is 0.222. The number of hydrogen-bond acceptors (Lipinski definition) is 4. The maximum Gasteiger partial charge on any atom is 0.340 e. The molecule has 0 radical (unpaired) electrons. The molecular formula is C9H11BrN2O2. The fourth-order valence-corrected chi connectivity index (χ4v) is 1.58. The lowest BCUT2D eigenvalue weighted by molar-refractivity contribution is 0.0602. The van der Waals surface area contributed by atoms with Crippen LogP contribution in [0.1, 0.15) is 15.9 Å². The Morgan fingerprint density at radius 3 is 2.71 bits per heavy atom. The van der Waals surface area contributed by atoms with Crippen molar-refractivity contribution in [2.24, 2.45) is 5.73 Å². The molecule has 0 amide bonds. The van der Waals surface area contributed by atoms with E-state index in [1.165, 1.54) is 7.11 Å². The summed E-state index contributed by atoms with van der Waals surface area (Å²) in [4.78, 5) is 11.3. The minimum atomic E-state index is -0.460. The maximum atomic E-state index is 11.3. The Balaban J connectivity index is 3.27. The smallest absolute Gasteiger partial charge is 0.340 e. The number of benzene rings is 1. The molecule has 5 heteroatoms. The number of esters is 1. The number of ether oxygens (including phenoxy) is 1. The number of carbonyl (C=O) groups excluding carboxylic acids is 1. The normalized spacial score (nSPS) is 9.93. The lowest BCUT2D eigenvalue weighted by atomic mass is 10.1. The molecule has 76 valence electrons. The quantitative estimate of drug-likeness (QED) is 0.619. The van der Waals surface area contributed by atoms with Crippen LogP contribution < -0.4 is 11.5 Å². The van der Waals surface area contributed by atoms with E-state index >= 15 is 0 Å². The van der Waals surface area contributed by atoms with E-state index in [0.29, 0.717) is 22.3 Å². The van der Waals surface area contributed by atoms with E-state index in [1.807, 2.05) is 0 Å². The lowest BCUT2D eigenvalue weighted by Crippen LogP contribution is -2.08. The van der Waals surface area contributed by atoms with Gasteiger partial charge in [0.05, 0.1) is 18.4 Å². The number of rotatable bonds is 2. The van der Waals surface area contributed by atoms with Gasteiger partial charge in [0.1, 0.15) is 0 Å². The molecule has 4 nitrogen and oxygen atoms in total. The second-order valence-electron chi connectivity index (χ2n) is 2.73. The summed E-state index contributed by atoms with van der Waals surface area (Å²) in [5.41, 5.74) is 12.7. The van der Waals surface area contributed by atoms with E-state index in [4.69, 9.17) is 11.5 Å². The third-order valence-electron chi connectivity index (χ3n) is 1.83. The third kappa shape index (κ3) is 2.05. The molecule has 0 heterocycles. The highest BCUT2D eigenvalue weighted by Gasteiger charge is 2.13. The summed E-state index contributed by atoms with van der Waals surface area (Å²) in [7, 11) is 1.31. The number of halogens is 1. The van der Waals surface area contributed by atoms with Gasteiger partial charge in [-0.2, -0.15) is 0 Å². The van der Waals surface area contributed by atoms with Crippen LogP contribution in [0.15, 0.2) is 16.6 Å². The zero-order valence-electron chi connectivity index (χ0n) is 7.71. The number of carbonyl (C=O) groups is 1. The Morgan fingerprint density at radius 1 is 1.57 bits per heavy atom. The standard InChI is InChI=1S/C9H11BrN2O2/c1-14-9(13)6-2-5(4-11)3-7(10)8(6)12/h2-3H,4,11-12H2,1H3. The number of hydrogen-bond donors (Lipinski definition) is 2. The van der Waals surface area contributed by atoms with Gasteiger partial charge in [0.25, 0.3) is 0 Å². The van der Waals surface area contributed by atoms with Crippen molar-refractivity contribution >= 4 is 27.6 Å². The molecule has 0 bridgehead atoms. The van der Waals surface area contributed by atoms with Crippen LogP contribution in [0.4, 0.5) is 5.69 Å². The van der Waals surface area contributed by atoms with Crippen molar-refractivity contribution in [2.45, 2.75) is 6.54 Å². The molecule has 0 unspecified atom stereocenters. The summed E-state index contributed by atoms with van der Waals surface area (Å²) >= 11 is 3.25. The van der Waals surface area contributed by atoms with Crippen molar-refractivity contribution in [3.8, 4) is 0 Å². The Morgan fingerprint density at radius 2 is 2.21 bits per heavy atom. The second kappa shape index (κ2) is 4.43. The third-order valence-corrected chi connectivity index (χ3v) is 2.49. The van der Waals surface area contributed by atoms with Crippen molar-refractivity contribution in [1.82, 2.24) is 0 Å². The highest BCUT2D eigenvalue weighted by Crippen LogP contribution is 2.25. The Labute approximate surface area is 90.3 Å². The van der Waals surface area contributed by atoms with Gasteiger partial charge in [0.2, 0.25) is 0 Å². The first-order valence-electron chi connectivity index (χ1n) is 3.96. The number of nitrogens with two attached hydrogens (primary N) is 2. The number of anilines is 1. The van der Waals surface area contributed by atoms with E-state index in [0.717, 1.165) is 5.56 Å². The molecule has 4 N–H and O–H groups in total. The topological polar surface area (TPSA) is 78.3 Å². The molecule has 0 saturated heterocycles. The molecule has 0 aliphatic rings. The van der Waals surface area contributed by atoms with Crippen LogP contribution in [0, 0.1) is 0 Å². The van der Waals surface area contributed by atoms with Gasteiger partial charge in [-0.3, -0.25) is 0 Å². The van der Waals surface area contributed by atoms with Crippen molar-refractivity contribution in [3.05, 3.63) is 27.7 Å². The molecule has 1 aromatic carbocycles. The van der Waals surface area contributed by atoms with Gasteiger partial charge < -0.3 is 16.2 Å². The first kappa shape index (κ1) is 11.0. The summed E-state index contributed by atoms with van der Waals surface area (Å²) < 4.78 is 5.24. The van der Waals surface area contributed by atoms with Crippen molar-refractivity contribution in [3.63, 3.8) is 0 Å². The van der Waals surface area contributed by atoms with Crippen molar-refractivity contribution in [2.75, 3.05) is 12.8 Å². The zero-order valence-corrected chi connectivity index (χ0v) is 9.30. The van der Waals surface area contributed by atoms with Crippen molar-refractivity contribution in [1.29, 1.82) is 0 Å². The van der Waals surface area contributed by atoms with Crippen LogP contribution in [-0.2, 0) is 11.3 Å². The average Bonchev–Trinajstić information content (AvgIpc) is 2.20. The summed E-state index contributed by atoms with van der Waals surface area (Å²) in [5, 5.41) is 0.